The van der Waals surface area contributed by atoms with Crippen LogP contribution in [0.2, 0.25) is 0 Å². The van der Waals surface area contributed by atoms with Crippen LogP contribution >= 0.6 is 0 Å². The highest BCUT2D eigenvalue weighted by atomic mass is 16.5. The Balaban J connectivity index is 2.74. The van der Waals surface area contributed by atoms with Gasteiger partial charge in [-0.15, -0.1) is 0 Å². The molecular weight excluding hydrogens is 180 g/mol. The summed E-state index contributed by atoms with van der Waals surface area (Å²) in [7, 11) is 0. The molecule has 3 heteroatoms. The molecule has 3 nitrogen and oxygen atoms in total. The zero-order valence-corrected chi connectivity index (χ0v) is 8.36. The van der Waals surface area contributed by atoms with E-state index in [1.165, 1.54) is 0 Å². The molecule has 0 saturated carbocycles. The predicted octanol–water partition coefficient (Wildman–Crippen LogP) is 2.41. The van der Waals surface area contributed by atoms with E-state index in [-0.39, 0.29) is 11.7 Å². The normalized spacial score (nSPS) is 12.1. The lowest BCUT2D eigenvalue weighted by Gasteiger charge is -2.13. The number of rotatable bonds is 3. The maximum atomic E-state index is 11.0. The molecular formula is C11H14O3. The van der Waals surface area contributed by atoms with E-state index in [4.69, 9.17) is 4.74 Å². The van der Waals surface area contributed by atoms with E-state index in [0.717, 1.165) is 0 Å². The third-order valence-electron chi connectivity index (χ3n) is 1.97. The Morgan fingerprint density at radius 3 is 2.71 bits per heavy atom. The number of hydrogen-bond acceptors (Lipinski definition) is 3. The second-order valence-corrected chi connectivity index (χ2v) is 3.04. The number of hydrogen-bond donors (Lipinski definition) is 1. The zero-order chi connectivity index (χ0) is 10.6. The van der Waals surface area contributed by atoms with E-state index in [9.17, 15) is 9.90 Å². The van der Waals surface area contributed by atoms with E-state index in [1.54, 1.807) is 38.1 Å². The van der Waals surface area contributed by atoms with Crippen molar-refractivity contribution in [2.24, 2.45) is 0 Å². The van der Waals surface area contributed by atoms with Crippen LogP contribution in [0.5, 0.6) is 5.75 Å². The fourth-order valence-corrected chi connectivity index (χ4v) is 1.18. The summed E-state index contributed by atoms with van der Waals surface area (Å²) < 4.78 is 5.07. The van der Waals surface area contributed by atoms with Gasteiger partial charge in [0.05, 0.1) is 0 Å². The Bertz CT molecular complexity index is 320. The summed E-state index contributed by atoms with van der Waals surface area (Å²) in [6.45, 7) is 3.47. The van der Waals surface area contributed by atoms with Gasteiger partial charge in [0.2, 0.25) is 0 Å². The molecule has 1 aromatic carbocycles. The predicted molar refractivity (Wildman–Crippen MR) is 52.9 cm³/mol. The van der Waals surface area contributed by atoms with Crippen molar-refractivity contribution in [3.8, 4) is 5.75 Å². The fourth-order valence-electron chi connectivity index (χ4n) is 1.18. The maximum absolute atomic E-state index is 11.0. The minimum absolute atomic E-state index is 0.156. The maximum Gasteiger partial charge on any atom is 0.306 e. The third-order valence-corrected chi connectivity index (χ3v) is 1.97. The Labute approximate surface area is 83.3 Å². The van der Waals surface area contributed by atoms with Gasteiger partial charge < -0.3 is 9.84 Å². The summed E-state index contributed by atoms with van der Waals surface area (Å²) in [5, 5.41) is 9.48. The molecule has 0 aliphatic rings. The van der Waals surface area contributed by atoms with Gasteiger partial charge >= 0.3 is 5.97 Å². The largest absolute Gasteiger partial charge is 0.508 e. The quantitative estimate of drug-likeness (QED) is 0.751. The second-order valence-electron chi connectivity index (χ2n) is 3.04. The van der Waals surface area contributed by atoms with Gasteiger partial charge in [0.15, 0.2) is 0 Å². The number of aromatic hydroxyl groups is 1. The molecule has 0 aromatic heterocycles. The average Bonchev–Trinajstić information content (AvgIpc) is 2.18. The number of para-hydroxylation sites is 1. The van der Waals surface area contributed by atoms with Gasteiger partial charge in [-0.2, -0.15) is 0 Å². The first-order valence-electron chi connectivity index (χ1n) is 4.62. The topological polar surface area (TPSA) is 46.5 Å². The number of phenolic OH excluding ortho intramolecular Hbond substituents is 1. The van der Waals surface area contributed by atoms with Crippen LogP contribution in [0.15, 0.2) is 24.3 Å². The Kier molecular flexibility index (Phi) is 3.51. The molecule has 0 bridgehead atoms. The van der Waals surface area contributed by atoms with Crippen molar-refractivity contribution in [1.82, 2.24) is 0 Å². The van der Waals surface area contributed by atoms with Crippen molar-refractivity contribution in [3.63, 3.8) is 0 Å². The van der Waals surface area contributed by atoms with Gasteiger partial charge in [-0.3, -0.25) is 4.79 Å². The van der Waals surface area contributed by atoms with Crippen molar-refractivity contribution < 1.29 is 14.6 Å². The molecule has 1 atom stereocenters. The highest BCUT2D eigenvalue weighted by Crippen LogP contribution is 2.25. The van der Waals surface area contributed by atoms with Crippen LogP contribution < -0.4 is 0 Å². The van der Waals surface area contributed by atoms with Crippen LogP contribution in [0.3, 0.4) is 0 Å². The first-order valence-corrected chi connectivity index (χ1v) is 4.62. The molecule has 76 valence electrons. The molecule has 0 aliphatic carbocycles. The Morgan fingerprint density at radius 2 is 2.14 bits per heavy atom. The molecule has 0 spiro atoms. The van der Waals surface area contributed by atoms with Crippen molar-refractivity contribution in [2.75, 3.05) is 0 Å². The van der Waals surface area contributed by atoms with E-state index in [0.29, 0.717) is 12.0 Å². The summed E-state index contributed by atoms with van der Waals surface area (Å²) in [6, 6.07) is 6.84. The Hall–Kier alpha value is -1.51. The van der Waals surface area contributed by atoms with Crippen molar-refractivity contribution >= 4 is 5.97 Å². The number of benzene rings is 1. The van der Waals surface area contributed by atoms with Crippen LogP contribution in [-0.4, -0.2) is 11.1 Å². The Morgan fingerprint density at radius 1 is 1.50 bits per heavy atom. The van der Waals surface area contributed by atoms with E-state index >= 15 is 0 Å². The van der Waals surface area contributed by atoms with Crippen LogP contribution in [0.4, 0.5) is 0 Å². The molecule has 0 radical (unpaired) electrons. The molecule has 0 fully saturated rings. The number of carbonyl (C=O) groups is 1. The molecule has 0 heterocycles. The highest BCUT2D eigenvalue weighted by molar-refractivity contribution is 5.69. The average molecular weight is 194 g/mol. The standard InChI is InChI=1S/C11H14O3/c1-3-11(13)14-8(2)9-6-4-5-7-10(9)12/h4-8,12H,3H2,1-2H3. The van der Waals surface area contributed by atoms with Gasteiger partial charge in [0.1, 0.15) is 11.9 Å². The SMILES string of the molecule is CCC(=O)OC(C)c1ccccc1O. The zero-order valence-electron chi connectivity index (χ0n) is 8.36. The van der Waals surface area contributed by atoms with Crippen LogP contribution in [0, 0.1) is 0 Å². The van der Waals surface area contributed by atoms with Gasteiger partial charge in [0.25, 0.3) is 0 Å². The first kappa shape index (κ1) is 10.6. The highest BCUT2D eigenvalue weighted by Gasteiger charge is 2.12. The summed E-state index contributed by atoms with van der Waals surface area (Å²) in [5.41, 5.74) is 0.634. The van der Waals surface area contributed by atoms with Crippen molar-refractivity contribution in [3.05, 3.63) is 29.8 Å². The van der Waals surface area contributed by atoms with E-state index < -0.39 is 6.10 Å². The molecule has 1 aromatic rings. The summed E-state index contributed by atoms with van der Waals surface area (Å²) in [4.78, 5) is 11.0. The lowest BCUT2D eigenvalue weighted by Crippen LogP contribution is -2.07. The fraction of sp³-hybridized carbons (Fsp3) is 0.364. The molecule has 0 amide bonds. The lowest BCUT2D eigenvalue weighted by atomic mass is 10.1. The molecule has 1 N–H and O–H groups in total. The van der Waals surface area contributed by atoms with E-state index in [1.807, 2.05) is 0 Å². The van der Waals surface area contributed by atoms with Crippen LogP contribution in [-0.2, 0) is 9.53 Å². The van der Waals surface area contributed by atoms with Gasteiger partial charge in [0, 0.05) is 12.0 Å². The molecule has 1 unspecified atom stereocenters. The van der Waals surface area contributed by atoms with Gasteiger partial charge in [-0.05, 0) is 13.0 Å². The third kappa shape index (κ3) is 2.49. The van der Waals surface area contributed by atoms with Crippen LogP contribution in [0.1, 0.15) is 31.9 Å². The molecule has 0 saturated heterocycles. The van der Waals surface area contributed by atoms with Gasteiger partial charge in [-0.1, -0.05) is 25.1 Å². The summed E-state index contributed by atoms with van der Waals surface area (Å²) >= 11 is 0. The van der Waals surface area contributed by atoms with Crippen LogP contribution in [0.25, 0.3) is 0 Å². The lowest BCUT2D eigenvalue weighted by molar-refractivity contribution is -0.148. The number of ether oxygens (including phenoxy) is 1. The molecule has 1 rings (SSSR count). The van der Waals surface area contributed by atoms with Crippen molar-refractivity contribution in [1.29, 1.82) is 0 Å². The number of phenols is 1. The smallest absolute Gasteiger partial charge is 0.306 e. The van der Waals surface area contributed by atoms with Gasteiger partial charge in [-0.25, -0.2) is 0 Å². The van der Waals surface area contributed by atoms with E-state index in [2.05, 4.69) is 0 Å². The second kappa shape index (κ2) is 4.65. The molecule has 14 heavy (non-hydrogen) atoms. The van der Waals surface area contributed by atoms with Crippen molar-refractivity contribution in [2.45, 2.75) is 26.4 Å². The summed E-state index contributed by atoms with van der Waals surface area (Å²) in [5.74, 6) is -0.107. The first-order chi connectivity index (χ1) is 6.65. The minimum Gasteiger partial charge on any atom is -0.508 e. The minimum atomic E-state index is -0.399. The number of carbonyl (C=O) groups excluding carboxylic acids is 1. The number of esters is 1. The monoisotopic (exact) mass is 194 g/mol. The summed E-state index contributed by atoms with van der Waals surface area (Å²) in [6.07, 6.45) is -0.0542. The molecule has 0 aliphatic heterocycles.